The van der Waals surface area contributed by atoms with Gasteiger partial charge in [0.1, 0.15) is 5.75 Å². The molecule has 0 aliphatic carbocycles. The Kier molecular flexibility index (Phi) is 7.86. The summed E-state index contributed by atoms with van der Waals surface area (Å²) in [6.45, 7) is 2.31. The number of piperidine rings is 1. The second-order valence-electron chi connectivity index (χ2n) is 8.31. The van der Waals surface area contributed by atoms with E-state index >= 15 is 0 Å². The molecule has 3 rings (SSSR count). The molecule has 1 atom stereocenters. The first-order valence-corrected chi connectivity index (χ1v) is 13.6. The second-order valence-corrected chi connectivity index (χ2v) is 12.1. The van der Waals surface area contributed by atoms with Crippen LogP contribution >= 0.6 is 0 Å². The summed E-state index contributed by atoms with van der Waals surface area (Å²) < 4.78 is 60.6. The molecule has 1 aliphatic rings. The summed E-state index contributed by atoms with van der Waals surface area (Å²) in [5.41, 5.74) is 1.62. The molecule has 0 aromatic heterocycles. The third-order valence-corrected chi connectivity index (χ3v) is 8.86. The molecule has 0 unspecified atom stereocenters. The molecule has 34 heavy (non-hydrogen) atoms. The number of ether oxygens (including phenoxy) is 1. The molecule has 2 aromatic carbocycles. The number of hydrogen-bond donors (Lipinski definition) is 2. The number of amides is 1. The van der Waals surface area contributed by atoms with Crippen LogP contribution in [-0.2, 0) is 25.0 Å². The average Bonchev–Trinajstić information content (AvgIpc) is 2.79. The van der Waals surface area contributed by atoms with Crippen LogP contribution in [0.15, 0.2) is 47.4 Å². The maximum atomic E-state index is 12.8. The summed E-state index contributed by atoms with van der Waals surface area (Å²) in [5.74, 6) is -0.407. The van der Waals surface area contributed by atoms with E-state index in [0.29, 0.717) is 36.5 Å². The first-order chi connectivity index (χ1) is 15.9. The number of aryl methyl sites for hydroxylation is 1. The van der Waals surface area contributed by atoms with E-state index in [4.69, 9.17) is 4.74 Å². The van der Waals surface area contributed by atoms with Gasteiger partial charge in [0.15, 0.2) is 0 Å². The zero-order chi connectivity index (χ0) is 25.1. The quantitative estimate of drug-likeness (QED) is 0.561. The van der Waals surface area contributed by atoms with Crippen molar-refractivity contribution in [2.24, 2.45) is 5.92 Å². The van der Waals surface area contributed by atoms with Gasteiger partial charge in [-0.25, -0.2) is 8.42 Å². The first kappa shape index (κ1) is 25.9. The van der Waals surface area contributed by atoms with Crippen molar-refractivity contribution in [3.63, 3.8) is 0 Å². The minimum absolute atomic E-state index is 0.0231. The molecule has 1 amide bonds. The topological polar surface area (TPSA) is 125 Å². The van der Waals surface area contributed by atoms with Crippen LogP contribution in [-0.4, -0.2) is 65.6 Å². The summed E-state index contributed by atoms with van der Waals surface area (Å²) in [7, 11) is -3.10. The lowest BCUT2D eigenvalue weighted by molar-refractivity contribution is -0.120. The van der Waals surface area contributed by atoms with Gasteiger partial charge < -0.3 is 10.1 Å². The van der Waals surface area contributed by atoms with E-state index < -0.39 is 26.2 Å². The Bertz CT molecular complexity index is 1240. The molecule has 1 saturated heterocycles. The molecular weight excluding hydrogens is 480 g/mol. The van der Waals surface area contributed by atoms with Gasteiger partial charge in [-0.3, -0.25) is 9.52 Å². The van der Waals surface area contributed by atoms with Crippen molar-refractivity contribution >= 4 is 37.5 Å². The Labute approximate surface area is 201 Å². The van der Waals surface area contributed by atoms with Crippen molar-refractivity contribution in [3.8, 4) is 5.75 Å². The smallest absolute Gasteiger partial charge is 0.281 e. The van der Waals surface area contributed by atoms with Crippen molar-refractivity contribution < 1.29 is 26.4 Å². The monoisotopic (exact) mass is 510 g/mol. The molecule has 10 nitrogen and oxygen atoms in total. The SMILES string of the molecule is COc1ccc(C)cc1NS(=O)(=O)c1ccc(NC(=O)[C@H]2CCCN(S(=O)(=O)N(C)C)C2)cc1. The number of carbonyl (C=O) groups is 1. The highest BCUT2D eigenvalue weighted by Crippen LogP contribution is 2.28. The highest BCUT2D eigenvalue weighted by molar-refractivity contribution is 7.92. The first-order valence-electron chi connectivity index (χ1n) is 10.7. The highest BCUT2D eigenvalue weighted by atomic mass is 32.2. The Morgan fingerprint density at radius 2 is 1.76 bits per heavy atom. The van der Waals surface area contributed by atoms with E-state index in [1.807, 2.05) is 13.0 Å². The Morgan fingerprint density at radius 3 is 2.38 bits per heavy atom. The predicted octanol–water partition coefficient (Wildman–Crippen LogP) is 2.26. The van der Waals surface area contributed by atoms with Crippen LogP contribution in [0.3, 0.4) is 0 Å². The second kappa shape index (κ2) is 10.3. The number of hydrogen-bond acceptors (Lipinski definition) is 6. The van der Waals surface area contributed by atoms with Gasteiger partial charge in [0.2, 0.25) is 5.91 Å². The molecule has 1 fully saturated rings. The van der Waals surface area contributed by atoms with Crippen LogP contribution in [0.1, 0.15) is 18.4 Å². The Balaban J connectivity index is 1.69. The average molecular weight is 511 g/mol. The largest absolute Gasteiger partial charge is 0.495 e. The van der Waals surface area contributed by atoms with E-state index in [1.165, 1.54) is 49.8 Å². The number of nitrogens with one attached hydrogen (secondary N) is 2. The standard InChI is InChI=1S/C22H30N4O6S2/c1-16-7-12-21(32-4)20(14-16)24-33(28,29)19-10-8-18(9-11-19)23-22(27)17-6-5-13-26(15-17)34(30,31)25(2)3/h7-12,14,17,24H,5-6,13,15H2,1-4H3,(H,23,27)/t17-/m0/s1. The van der Waals surface area contributed by atoms with E-state index in [1.54, 1.807) is 12.1 Å². The number of methoxy groups -OCH3 is 1. The summed E-state index contributed by atoms with van der Waals surface area (Å²) in [6, 6.07) is 11.0. The van der Waals surface area contributed by atoms with Crippen LogP contribution in [0, 0.1) is 12.8 Å². The van der Waals surface area contributed by atoms with Crippen LogP contribution in [0.4, 0.5) is 11.4 Å². The van der Waals surface area contributed by atoms with E-state index in [0.717, 1.165) is 9.87 Å². The molecule has 0 bridgehead atoms. The lowest BCUT2D eigenvalue weighted by atomic mass is 9.99. The number of rotatable bonds is 8. The molecule has 0 saturated carbocycles. The van der Waals surface area contributed by atoms with Crippen molar-refractivity contribution in [3.05, 3.63) is 48.0 Å². The molecular formula is C22H30N4O6S2. The maximum Gasteiger partial charge on any atom is 0.281 e. The van der Waals surface area contributed by atoms with Crippen LogP contribution < -0.4 is 14.8 Å². The number of benzene rings is 2. The van der Waals surface area contributed by atoms with Gasteiger partial charge in [0, 0.05) is 32.9 Å². The van der Waals surface area contributed by atoms with Crippen LogP contribution in [0.25, 0.3) is 0 Å². The number of nitrogens with zero attached hydrogens (tertiary/aromatic N) is 2. The minimum atomic E-state index is -3.88. The molecule has 0 spiro atoms. The van der Waals surface area contributed by atoms with Crippen molar-refractivity contribution in [1.82, 2.24) is 8.61 Å². The lowest BCUT2D eigenvalue weighted by Gasteiger charge is -2.32. The van der Waals surface area contributed by atoms with Gasteiger partial charge in [-0.15, -0.1) is 0 Å². The molecule has 1 heterocycles. The van der Waals surface area contributed by atoms with Gasteiger partial charge >= 0.3 is 0 Å². The fourth-order valence-corrected chi connectivity index (χ4v) is 5.92. The lowest BCUT2D eigenvalue weighted by Crippen LogP contribution is -2.47. The fourth-order valence-electron chi connectivity index (χ4n) is 3.66. The van der Waals surface area contributed by atoms with Gasteiger partial charge in [-0.05, 0) is 61.7 Å². The number of anilines is 2. The zero-order valence-corrected chi connectivity index (χ0v) is 21.2. The summed E-state index contributed by atoms with van der Waals surface area (Å²) in [4.78, 5) is 12.8. The summed E-state index contributed by atoms with van der Waals surface area (Å²) in [6.07, 6.45) is 1.15. The minimum Gasteiger partial charge on any atom is -0.495 e. The summed E-state index contributed by atoms with van der Waals surface area (Å²) in [5, 5.41) is 2.76. The van der Waals surface area contributed by atoms with E-state index in [-0.39, 0.29) is 17.3 Å². The normalized spacial score (nSPS) is 17.4. The molecule has 0 radical (unpaired) electrons. The van der Waals surface area contributed by atoms with Crippen molar-refractivity contribution in [1.29, 1.82) is 0 Å². The highest BCUT2D eigenvalue weighted by Gasteiger charge is 2.33. The van der Waals surface area contributed by atoms with Crippen molar-refractivity contribution in [2.75, 3.05) is 44.3 Å². The van der Waals surface area contributed by atoms with Crippen LogP contribution in [0.2, 0.25) is 0 Å². The molecule has 1 aliphatic heterocycles. The Morgan fingerprint density at radius 1 is 1.09 bits per heavy atom. The molecule has 12 heteroatoms. The molecule has 2 N–H and O–H groups in total. The Hall–Kier alpha value is -2.67. The molecule has 186 valence electrons. The third kappa shape index (κ3) is 5.87. The van der Waals surface area contributed by atoms with Gasteiger partial charge in [-0.2, -0.15) is 17.0 Å². The number of carbonyl (C=O) groups excluding carboxylic acids is 1. The van der Waals surface area contributed by atoms with E-state index in [2.05, 4.69) is 10.0 Å². The predicted molar refractivity (Wildman–Crippen MR) is 131 cm³/mol. The van der Waals surface area contributed by atoms with Gasteiger partial charge in [-0.1, -0.05) is 6.07 Å². The third-order valence-electron chi connectivity index (χ3n) is 5.57. The summed E-state index contributed by atoms with van der Waals surface area (Å²) >= 11 is 0. The fraction of sp³-hybridized carbons (Fsp3) is 0.409. The van der Waals surface area contributed by atoms with Gasteiger partial charge in [0.05, 0.1) is 23.6 Å². The zero-order valence-electron chi connectivity index (χ0n) is 19.6. The van der Waals surface area contributed by atoms with E-state index in [9.17, 15) is 21.6 Å². The molecule has 2 aromatic rings. The van der Waals surface area contributed by atoms with Crippen LogP contribution in [0.5, 0.6) is 5.75 Å². The maximum absolute atomic E-state index is 12.8. The van der Waals surface area contributed by atoms with Gasteiger partial charge in [0.25, 0.3) is 20.2 Å². The van der Waals surface area contributed by atoms with Crippen molar-refractivity contribution in [2.45, 2.75) is 24.7 Å². The number of sulfonamides is 1.